The van der Waals surface area contributed by atoms with E-state index in [4.69, 9.17) is 5.73 Å². The van der Waals surface area contributed by atoms with E-state index in [1.54, 1.807) is 15.9 Å². The summed E-state index contributed by atoms with van der Waals surface area (Å²) in [6.45, 7) is 2.44. The summed E-state index contributed by atoms with van der Waals surface area (Å²) in [5, 5.41) is 5.22. The lowest BCUT2D eigenvalue weighted by Gasteiger charge is -1.80. The molecule has 2 aromatic heterocycles. The normalized spacial score (nSPS) is 11.1. The van der Waals surface area contributed by atoms with Crippen molar-refractivity contribution in [2.45, 2.75) is 13.5 Å². The van der Waals surface area contributed by atoms with Crippen LogP contribution in [0.1, 0.15) is 10.7 Å². The molecule has 0 aliphatic heterocycles. The third kappa shape index (κ3) is 1.02. The standard InChI is InChI=1S/C6H8N4S/c1-4-9-10-3-5(2-7)8-6(10)11-4/h3H,2,7H2,1H3. The van der Waals surface area contributed by atoms with Gasteiger partial charge >= 0.3 is 0 Å². The Morgan fingerprint density at radius 2 is 2.55 bits per heavy atom. The van der Waals surface area contributed by atoms with Crippen molar-refractivity contribution in [3.63, 3.8) is 0 Å². The van der Waals surface area contributed by atoms with Crippen LogP contribution < -0.4 is 5.73 Å². The van der Waals surface area contributed by atoms with Crippen molar-refractivity contribution in [3.05, 3.63) is 16.9 Å². The molecule has 0 aliphatic carbocycles. The second-order valence-corrected chi connectivity index (χ2v) is 3.44. The molecule has 0 spiro atoms. The van der Waals surface area contributed by atoms with Crippen LogP contribution in [0.2, 0.25) is 0 Å². The van der Waals surface area contributed by atoms with Gasteiger partial charge in [0.25, 0.3) is 0 Å². The lowest BCUT2D eigenvalue weighted by Crippen LogP contribution is -1.95. The van der Waals surface area contributed by atoms with E-state index in [0.29, 0.717) is 6.54 Å². The van der Waals surface area contributed by atoms with Gasteiger partial charge in [-0.25, -0.2) is 9.50 Å². The summed E-state index contributed by atoms with van der Waals surface area (Å²) < 4.78 is 1.77. The number of hydrogen-bond acceptors (Lipinski definition) is 4. The molecule has 2 rings (SSSR count). The number of imidazole rings is 1. The smallest absolute Gasteiger partial charge is 0.212 e. The van der Waals surface area contributed by atoms with Crippen LogP contribution >= 0.6 is 11.3 Å². The van der Waals surface area contributed by atoms with Crippen molar-refractivity contribution in [1.82, 2.24) is 14.6 Å². The molecule has 0 atom stereocenters. The van der Waals surface area contributed by atoms with Crippen LogP contribution in [0.25, 0.3) is 4.96 Å². The molecule has 0 aliphatic rings. The molecule has 0 fully saturated rings. The largest absolute Gasteiger partial charge is 0.325 e. The van der Waals surface area contributed by atoms with E-state index < -0.39 is 0 Å². The number of fused-ring (bicyclic) bond motifs is 1. The first-order valence-electron chi connectivity index (χ1n) is 3.31. The summed E-state index contributed by atoms with van der Waals surface area (Å²) in [6, 6.07) is 0. The van der Waals surface area contributed by atoms with Crippen LogP contribution in [-0.2, 0) is 6.54 Å². The number of nitrogens with two attached hydrogens (primary N) is 1. The highest BCUT2D eigenvalue weighted by Gasteiger charge is 2.02. The molecular formula is C6H8N4S. The SMILES string of the molecule is Cc1nn2cc(CN)nc2s1. The Morgan fingerprint density at radius 1 is 1.73 bits per heavy atom. The minimum atomic E-state index is 0.481. The van der Waals surface area contributed by atoms with Crippen LogP contribution in [-0.4, -0.2) is 14.6 Å². The van der Waals surface area contributed by atoms with Gasteiger partial charge in [-0.15, -0.1) is 0 Å². The first kappa shape index (κ1) is 6.75. The van der Waals surface area contributed by atoms with E-state index in [-0.39, 0.29) is 0 Å². The fourth-order valence-corrected chi connectivity index (χ4v) is 1.69. The molecule has 2 heterocycles. The second kappa shape index (κ2) is 2.28. The molecule has 0 unspecified atom stereocenters. The number of hydrogen-bond donors (Lipinski definition) is 1. The third-order valence-electron chi connectivity index (χ3n) is 1.40. The molecule has 11 heavy (non-hydrogen) atoms. The van der Waals surface area contributed by atoms with Gasteiger partial charge in [0.1, 0.15) is 5.01 Å². The van der Waals surface area contributed by atoms with Gasteiger partial charge in [0.2, 0.25) is 4.96 Å². The predicted molar refractivity (Wildman–Crippen MR) is 43.5 cm³/mol. The van der Waals surface area contributed by atoms with Gasteiger partial charge in [-0.05, 0) is 6.92 Å². The molecule has 0 bridgehead atoms. The van der Waals surface area contributed by atoms with E-state index in [0.717, 1.165) is 15.7 Å². The fraction of sp³-hybridized carbons (Fsp3) is 0.333. The van der Waals surface area contributed by atoms with Gasteiger partial charge in [-0.3, -0.25) is 0 Å². The zero-order chi connectivity index (χ0) is 7.84. The molecule has 0 saturated carbocycles. The van der Waals surface area contributed by atoms with Crippen LogP contribution in [0.15, 0.2) is 6.20 Å². The average molecular weight is 168 g/mol. The molecule has 2 N–H and O–H groups in total. The highest BCUT2D eigenvalue weighted by atomic mass is 32.1. The van der Waals surface area contributed by atoms with Gasteiger partial charge in [-0.1, -0.05) is 11.3 Å². The van der Waals surface area contributed by atoms with Crippen LogP contribution in [0.4, 0.5) is 0 Å². The van der Waals surface area contributed by atoms with Crippen LogP contribution in [0.3, 0.4) is 0 Å². The van der Waals surface area contributed by atoms with Crippen molar-refractivity contribution in [2.75, 3.05) is 0 Å². The Labute approximate surface area is 67.7 Å². The second-order valence-electron chi connectivity index (χ2n) is 2.28. The van der Waals surface area contributed by atoms with Crippen LogP contribution in [0.5, 0.6) is 0 Å². The lowest BCUT2D eigenvalue weighted by molar-refractivity contribution is 0.934. The van der Waals surface area contributed by atoms with Crippen molar-refractivity contribution in [1.29, 1.82) is 0 Å². The summed E-state index contributed by atoms with van der Waals surface area (Å²) in [6.07, 6.45) is 1.86. The highest BCUT2D eigenvalue weighted by Crippen LogP contribution is 2.12. The molecule has 58 valence electrons. The highest BCUT2D eigenvalue weighted by molar-refractivity contribution is 7.16. The van der Waals surface area contributed by atoms with Crippen LogP contribution in [0, 0.1) is 6.92 Å². The van der Waals surface area contributed by atoms with Crippen molar-refractivity contribution < 1.29 is 0 Å². The average Bonchev–Trinajstić information content (AvgIpc) is 2.43. The number of nitrogens with zero attached hydrogens (tertiary/aromatic N) is 3. The van der Waals surface area contributed by atoms with Gasteiger partial charge in [0.15, 0.2) is 0 Å². The van der Waals surface area contributed by atoms with E-state index in [1.165, 1.54) is 0 Å². The third-order valence-corrected chi connectivity index (χ3v) is 2.24. The van der Waals surface area contributed by atoms with Crippen molar-refractivity contribution in [3.8, 4) is 0 Å². The summed E-state index contributed by atoms with van der Waals surface area (Å²) in [7, 11) is 0. The van der Waals surface area contributed by atoms with Gasteiger partial charge in [0.05, 0.1) is 11.9 Å². The minimum absolute atomic E-state index is 0.481. The molecule has 4 nitrogen and oxygen atoms in total. The zero-order valence-corrected chi connectivity index (χ0v) is 6.93. The predicted octanol–water partition coefficient (Wildman–Crippen LogP) is 0.558. The summed E-state index contributed by atoms with van der Waals surface area (Å²) in [5.41, 5.74) is 6.30. The topological polar surface area (TPSA) is 56.2 Å². The van der Waals surface area contributed by atoms with Gasteiger partial charge in [-0.2, -0.15) is 5.10 Å². The van der Waals surface area contributed by atoms with E-state index in [9.17, 15) is 0 Å². The Kier molecular flexibility index (Phi) is 1.40. The van der Waals surface area contributed by atoms with Crippen molar-refractivity contribution in [2.24, 2.45) is 5.73 Å². The molecule has 0 radical (unpaired) electrons. The first-order chi connectivity index (χ1) is 5.29. The molecule has 5 heteroatoms. The van der Waals surface area contributed by atoms with E-state index in [1.807, 2.05) is 13.1 Å². The summed E-state index contributed by atoms with van der Waals surface area (Å²) in [4.78, 5) is 5.17. The molecule has 0 saturated heterocycles. The van der Waals surface area contributed by atoms with Gasteiger partial charge in [0, 0.05) is 6.54 Å². The Balaban J connectivity index is 2.64. The first-order valence-corrected chi connectivity index (χ1v) is 4.13. The number of aryl methyl sites for hydroxylation is 1. The zero-order valence-electron chi connectivity index (χ0n) is 6.11. The Bertz CT molecular complexity index is 343. The molecule has 2 aromatic rings. The maximum absolute atomic E-state index is 5.41. The summed E-state index contributed by atoms with van der Waals surface area (Å²) in [5.74, 6) is 0. The quantitative estimate of drug-likeness (QED) is 0.676. The number of aromatic nitrogens is 3. The Morgan fingerprint density at radius 3 is 3.18 bits per heavy atom. The Hall–Kier alpha value is -0.940. The maximum Gasteiger partial charge on any atom is 0.212 e. The molecule has 0 amide bonds. The van der Waals surface area contributed by atoms with E-state index in [2.05, 4.69) is 10.1 Å². The van der Waals surface area contributed by atoms with Gasteiger partial charge < -0.3 is 5.73 Å². The number of rotatable bonds is 1. The monoisotopic (exact) mass is 168 g/mol. The summed E-state index contributed by atoms with van der Waals surface area (Å²) >= 11 is 1.57. The minimum Gasteiger partial charge on any atom is -0.325 e. The maximum atomic E-state index is 5.41. The lowest BCUT2D eigenvalue weighted by atomic mass is 10.5. The van der Waals surface area contributed by atoms with E-state index >= 15 is 0 Å². The molecular weight excluding hydrogens is 160 g/mol. The molecule has 0 aromatic carbocycles. The fourth-order valence-electron chi connectivity index (χ4n) is 0.943. The van der Waals surface area contributed by atoms with Crippen molar-refractivity contribution >= 4 is 16.3 Å².